The van der Waals surface area contributed by atoms with Gasteiger partial charge >= 0.3 is 0 Å². The van der Waals surface area contributed by atoms with E-state index in [0.717, 1.165) is 21.1 Å². The van der Waals surface area contributed by atoms with Gasteiger partial charge in [-0.1, -0.05) is 15.9 Å². The van der Waals surface area contributed by atoms with Crippen LogP contribution < -0.4 is 5.32 Å². The van der Waals surface area contributed by atoms with Crippen LogP contribution in [0, 0.1) is 11.3 Å². The zero-order chi connectivity index (χ0) is 10.8. The van der Waals surface area contributed by atoms with Crippen molar-refractivity contribution < 1.29 is 0 Å². The standard InChI is InChI=1S/C11H8BrN3/c1-14-11-7(5-13)6-15-10-3-2-8(12)4-9(10)11/h2-4,6H,1H3,(H,14,15). The monoisotopic (exact) mass is 261 g/mol. The van der Waals surface area contributed by atoms with Gasteiger partial charge in [0.1, 0.15) is 6.07 Å². The van der Waals surface area contributed by atoms with E-state index in [4.69, 9.17) is 5.26 Å². The molecular weight excluding hydrogens is 254 g/mol. The number of nitriles is 1. The Morgan fingerprint density at radius 2 is 2.27 bits per heavy atom. The molecule has 0 fully saturated rings. The van der Waals surface area contributed by atoms with Crippen LogP contribution in [0.2, 0.25) is 0 Å². The van der Waals surface area contributed by atoms with Gasteiger partial charge in [0.25, 0.3) is 0 Å². The molecule has 1 aromatic carbocycles. The Morgan fingerprint density at radius 3 is 2.93 bits per heavy atom. The summed E-state index contributed by atoms with van der Waals surface area (Å²) in [5.74, 6) is 0. The fraction of sp³-hybridized carbons (Fsp3) is 0.0909. The summed E-state index contributed by atoms with van der Waals surface area (Å²) in [5, 5.41) is 12.9. The van der Waals surface area contributed by atoms with Crippen LogP contribution in [-0.2, 0) is 0 Å². The fourth-order valence-electron chi connectivity index (χ4n) is 1.52. The first-order valence-corrected chi connectivity index (χ1v) is 5.21. The Kier molecular flexibility index (Phi) is 2.57. The third-order valence-corrected chi connectivity index (χ3v) is 2.69. The van der Waals surface area contributed by atoms with Crippen LogP contribution in [0.15, 0.2) is 28.9 Å². The minimum absolute atomic E-state index is 0.558. The van der Waals surface area contributed by atoms with E-state index < -0.39 is 0 Å². The molecule has 0 aliphatic heterocycles. The molecule has 74 valence electrons. The van der Waals surface area contributed by atoms with Crippen molar-refractivity contribution in [2.45, 2.75) is 0 Å². The number of nitrogens with zero attached hydrogens (tertiary/aromatic N) is 2. The van der Waals surface area contributed by atoms with Crippen molar-refractivity contribution in [3.8, 4) is 6.07 Å². The van der Waals surface area contributed by atoms with Crippen LogP contribution in [0.5, 0.6) is 0 Å². The largest absolute Gasteiger partial charge is 0.386 e. The van der Waals surface area contributed by atoms with Gasteiger partial charge in [-0.3, -0.25) is 4.98 Å². The van der Waals surface area contributed by atoms with Crippen molar-refractivity contribution in [2.75, 3.05) is 12.4 Å². The van der Waals surface area contributed by atoms with Crippen molar-refractivity contribution in [3.63, 3.8) is 0 Å². The zero-order valence-corrected chi connectivity index (χ0v) is 9.67. The second-order valence-corrected chi connectivity index (χ2v) is 3.99. The number of fused-ring (bicyclic) bond motifs is 1. The Bertz CT molecular complexity index is 557. The van der Waals surface area contributed by atoms with E-state index in [0.29, 0.717) is 5.56 Å². The average molecular weight is 262 g/mol. The van der Waals surface area contributed by atoms with Gasteiger partial charge in [-0.25, -0.2) is 0 Å². The van der Waals surface area contributed by atoms with Crippen LogP contribution in [0.3, 0.4) is 0 Å². The molecule has 15 heavy (non-hydrogen) atoms. The Balaban J connectivity index is 2.86. The van der Waals surface area contributed by atoms with E-state index in [-0.39, 0.29) is 0 Å². The molecule has 0 unspecified atom stereocenters. The topological polar surface area (TPSA) is 48.7 Å². The number of aromatic nitrogens is 1. The summed E-state index contributed by atoms with van der Waals surface area (Å²) >= 11 is 3.40. The van der Waals surface area contributed by atoms with E-state index in [2.05, 4.69) is 32.3 Å². The summed E-state index contributed by atoms with van der Waals surface area (Å²) in [6.45, 7) is 0. The van der Waals surface area contributed by atoms with E-state index in [1.165, 1.54) is 0 Å². The van der Waals surface area contributed by atoms with Crippen LogP contribution in [0.25, 0.3) is 10.9 Å². The lowest BCUT2D eigenvalue weighted by atomic mass is 10.1. The van der Waals surface area contributed by atoms with E-state index in [1.807, 2.05) is 18.2 Å². The van der Waals surface area contributed by atoms with Gasteiger partial charge in [-0.05, 0) is 18.2 Å². The predicted octanol–water partition coefficient (Wildman–Crippen LogP) is 2.91. The molecule has 0 atom stereocenters. The minimum atomic E-state index is 0.558. The highest BCUT2D eigenvalue weighted by Gasteiger charge is 2.06. The maximum absolute atomic E-state index is 8.94. The molecule has 1 heterocycles. The third kappa shape index (κ3) is 1.66. The lowest BCUT2D eigenvalue weighted by Crippen LogP contribution is -1.95. The molecule has 1 aromatic heterocycles. The first-order valence-electron chi connectivity index (χ1n) is 4.42. The summed E-state index contributed by atoms with van der Waals surface area (Å²) in [4.78, 5) is 4.22. The number of hydrogen-bond donors (Lipinski definition) is 1. The van der Waals surface area contributed by atoms with E-state index in [1.54, 1.807) is 13.2 Å². The molecule has 2 rings (SSSR count). The summed E-state index contributed by atoms with van der Waals surface area (Å²) in [5.41, 5.74) is 2.26. The van der Waals surface area contributed by atoms with Crippen molar-refractivity contribution in [2.24, 2.45) is 0 Å². The van der Waals surface area contributed by atoms with E-state index >= 15 is 0 Å². The van der Waals surface area contributed by atoms with Crippen LogP contribution >= 0.6 is 15.9 Å². The first kappa shape index (κ1) is 9.94. The Morgan fingerprint density at radius 1 is 1.47 bits per heavy atom. The molecule has 0 aliphatic rings. The molecule has 0 spiro atoms. The maximum Gasteiger partial charge on any atom is 0.103 e. The highest BCUT2D eigenvalue weighted by molar-refractivity contribution is 9.10. The Labute approximate surface area is 95.9 Å². The van der Waals surface area contributed by atoms with Gasteiger partial charge in [0.2, 0.25) is 0 Å². The number of rotatable bonds is 1. The highest BCUT2D eigenvalue weighted by Crippen LogP contribution is 2.27. The lowest BCUT2D eigenvalue weighted by molar-refractivity contribution is 1.35. The Hall–Kier alpha value is -1.60. The van der Waals surface area contributed by atoms with E-state index in [9.17, 15) is 0 Å². The number of halogens is 1. The van der Waals surface area contributed by atoms with Gasteiger partial charge < -0.3 is 5.32 Å². The number of nitrogens with one attached hydrogen (secondary N) is 1. The second-order valence-electron chi connectivity index (χ2n) is 3.07. The average Bonchev–Trinajstić information content (AvgIpc) is 2.27. The third-order valence-electron chi connectivity index (χ3n) is 2.20. The van der Waals surface area contributed by atoms with Gasteiger partial charge in [-0.2, -0.15) is 5.26 Å². The molecule has 0 aliphatic carbocycles. The lowest BCUT2D eigenvalue weighted by Gasteiger charge is -2.07. The predicted molar refractivity (Wildman–Crippen MR) is 63.7 cm³/mol. The van der Waals surface area contributed by atoms with Crippen molar-refractivity contribution in [1.82, 2.24) is 4.98 Å². The van der Waals surface area contributed by atoms with Gasteiger partial charge in [-0.15, -0.1) is 0 Å². The normalized spacial score (nSPS) is 9.93. The first-order chi connectivity index (χ1) is 7.26. The number of benzene rings is 1. The van der Waals surface area contributed by atoms with Crippen molar-refractivity contribution in [3.05, 3.63) is 34.4 Å². The molecule has 2 aromatic rings. The molecule has 0 amide bonds. The van der Waals surface area contributed by atoms with Crippen LogP contribution in [0.1, 0.15) is 5.56 Å². The second kappa shape index (κ2) is 3.87. The molecule has 0 saturated heterocycles. The molecule has 1 N–H and O–H groups in total. The smallest absolute Gasteiger partial charge is 0.103 e. The fourth-order valence-corrected chi connectivity index (χ4v) is 1.88. The van der Waals surface area contributed by atoms with Crippen molar-refractivity contribution in [1.29, 1.82) is 5.26 Å². The van der Waals surface area contributed by atoms with Crippen molar-refractivity contribution >= 4 is 32.5 Å². The molecular formula is C11H8BrN3. The maximum atomic E-state index is 8.94. The van der Waals surface area contributed by atoms with Gasteiger partial charge in [0.05, 0.1) is 16.8 Å². The number of pyridine rings is 1. The van der Waals surface area contributed by atoms with Crippen LogP contribution in [0.4, 0.5) is 5.69 Å². The SMILES string of the molecule is CNc1c(C#N)cnc2ccc(Br)cc12. The van der Waals surface area contributed by atoms with Crippen LogP contribution in [-0.4, -0.2) is 12.0 Å². The van der Waals surface area contributed by atoms with Gasteiger partial charge in [0.15, 0.2) is 0 Å². The highest BCUT2D eigenvalue weighted by atomic mass is 79.9. The summed E-state index contributed by atoms with van der Waals surface area (Å²) in [7, 11) is 1.80. The quantitative estimate of drug-likeness (QED) is 0.859. The summed E-state index contributed by atoms with van der Waals surface area (Å²) < 4.78 is 0.975. The molecule has 0 saturated carbocycles. The number of hydrogen-bond acceptors (Lipinski definition) is 3. The summed E-state index contributed by atoms with van der Waals surface area (Å²) in [6.07, 6.45) is 1.59. The minimum Gasteiger partial charge on any atom is -0.386 e. The van der Waals surface area contributed by atoms with Gasteiger partial charge in [0, 0.05) is 23.1 Å². The molecule has 0 bridgehead atoms. The molecule has 4 heteroatoms. The number of anilines is 1. The zero-order valence-electron chi connectivity index (χ0n) is 8.08. The summed E-state index contributed by atoms with van der Waals surface area (Å²) in [6, 6.07) is 7.92. The molecule has 0 radical (unpaired) electrons. The molecule has 3 nitrogen and oxygen atoms in total.